The van der Waals surface area contributed by atoms with Gasteiger partial charge in [-0.2, -0.15) is 13.2 Å². The molecule has 0 aliphatic heterocycles. The first kappa shape index (κ1) is 16.2. The van der Waals surface area contributed by atoms with Gasteiger partial charge in [0.15, 0.2) is 5.82 Å². The summed E-state index contributed by atoms with van der Waals surface area (Å²) in [4.78, 5) is 3.62. The minimum atomic E-state index is -4.89. The van der Waals surface area contributed by atoms with E-state index in [4.69, 9.17) is 9.84 Å². The van der Waals surface area contributed by atoms with Crippen LogP contribution in [0.4, 0.5) is 22.0 Å². The van der Waals surface area contributed by atoms with Gasteiger partial charge in [0.05, 0.1) is 5.56 Å². The van der Waals surface area contributed by atoms with Crippen LogP contribution >= 0.6 is 0 Å². The zero-order chi connectivity index (χ0) is 16.3. The van der Waals surface area contributed by atoms with Crippen molar-refractivity contribution in [1.29, 1.82) is 0 Å². The maximum atomic E-state index is 13.7. The summed E-state index contributed by atoms with van der Waals surface area (Å²) < 4.78 is 69.5. The predicted molar refractivity (Wildman–Crippen MR) is 66.5 cm³/mol. The number of nitrogens with zero attached hydrogens (tertiary/aromatic N) is 1. The maximum absolute atomic E-state index is 13.7. The van der Waals surface area contributed by atoms with Gasteiger partial charge >= 0.3 is 6.18 Å². The minimum Gasteiger partial charge on any atom is -0.436 e. The van der Waals surface area contributed by atoms with E-state index in [0.29, 0.717) is 17.7 Å². The Morgan fingerprint density at radius 2 is 1.82 bits per heavy atom. The maximum Gasteiger partial charge on any atom is 0.419 e. The van der Waals surface area contributed by atoms with Gasteiger partial charge in [0.1, 0.15) is 11.6 Å². The number of hydrogen-bond donors (Lipinski definition) is 1. The second kappa shape index (κ2) is 6.27. The van der Waals surface area contributed by atoms with Crippen molar-refractivity contribution in [2.45, 2.75) is 12.6 Å². The lowest BCUT2D eigenvalue weighted by atomic mass is 10.2. The highest BCUT2D eigenvalue weighted by atomic mass is 19.4. The van der Waals surface area contributed by atoms with Crippen molar-refractivity contribution >= 4 is 0 Å². The number of rotatable bonds is 4. The zero-order valence-corrected chi connectivity index (χ0v) is 11.0. The highest BCUT2D eigenvalue weighted by Crippen LogP contribution is 2.34. The number of aliphatic hydroxyl groups excluding tert-OH is 1. The summed E-state index contributed by atoms with van der Waals surface area (Å²) in [6.45, 7) is -0.200. The minimum absolute atomic E-state index is 0.180. The molecule has 0 unspecified atom stereocenters. The fourth-order valence-corrected chi connectivity index (χ4v) is 1.70. The number of ether oxygens (including phenoxy) is 1. The molecular weight excluding hydrogens is 309 g/mol. The molecule has 0 spiro atoms. The first-order valence-corrected chi connectivity index (χ1v) is 6.11. The number of aromatic nitrogens is 1. The van der Waals surface area contributed by atoms with E-state index in [0.717, 1.165) is 12.1 Å². The number of pyridine rings is 1. The van der Waals surface area contributed by atoms with Crippen LogP contribution < -0.4 is 4.74 Å². The topological polar surface area (TPSA) is 42.4 Å². The monoisotopic (exact) mass is 319 g/mol. The lowest BCUT2D eigenvalue weighted by Crippen LogP contribution is -2.08. The lowest BCUT2D eigenvalue weighted by molar-refractivity contribution is -0.140. The molecule has 22 heavy (non-hydrogen) atoms. The number of hydrogen-bond acceptors (Lipinski definition) is 3. The first-order valence-electron chi connectivity index (χ1n) is 6.11. The van der Waals surface area contributed by atoms with E-state index >= 15 is 0 Å². The molecular formula is C14H10F5NO2. The largest absolute Gasteiger partial charge is 0.436 e. The summed E-state index contributed by atoms with van der Waals surface area (Å²) in [7, 11) is 0. The molecule has 1 N–H and O–H groups in total. The molecule has 0 saturated heterocycles. The fraction of sp³-hybridized carbons (Fsp3) is 0.214. The molecule has 0 atom stereocenters. The SMILES string of the molecule is OCCc1cnc(Oc2ccc(F)c(C(F)(F)F)c2)c(F)c1. The predicted octanol–water partition coefficient (Wildman–Crippen LogP) is 3.71. The summed E-state index contributed by atoms with van der Waals surface area (Å²) in [5.41, 5.74) is -1.11. The van der Waals surface area contributed by atoms with Gasteiger partial charge in [-0.3, -0.25) is 0 Å². The molecule has 0 amide bonds. The molecule has 1 aromatic carbocycles. The third kappa shape index (κ3) is 3.70. The van der Waals surface area contributed by atoms with Gasteiger partial charge < -0.3 is 9.84 Å². The Hall–Kier alpha value is -2.22. The third-order valence-electron chi connectivity index (χ3n) is 2.72. The van der Waals surface area contributed by atoms with E-state index in [9.17, 15) is 22.0 Å². The van der Waals surface area contributed by atoms with Gasteiger partial charge in [-0.15, -0.1) is 0 Å². The molecule has 0 saturated carbocycles. The quantitative estimate of drug-likeness (QED) is 0.874. The van der Waals surface area contributed by atoms with E-state index in [-0.39, 0.29) is 13.0 Å². The number of halogens is 5. The second-order valence-electron chi connectivity index (χ2n) is 4.35. The van der Waals surface area contributed by atoms with E-state index in [1.807, 2.05) is 0 Å². The van der Waals surface area contributed by atoms with Gasteiger partial charge in [0.25, 0.3) is 5.88 Å². The van der Waals surface area contributed by atoms with Crippen LogP contribution in [0.25, 0.3) is 0 Å². The second-order valence-corrected chi connectivity index (χ2v) is 4.35. The fourth-order valence-electron chi connectivity index (χ4n) is 1.70. The number of alkyl halides is 3. The van der Waals surface area contributed by atoms with Crippen LogP contribution in [0.15, 0.2) is 30.5 Å². The summed E-state index contributed by atoms with van der Waals surface area (Å²) in [5.74, 6) is -3.29. The Balaban J connectivity index is 2.28. The Morgan fingerprint density at radius 3 is 2.41 bits per heavy atom. The van der Waals surface area contributed by atoms with Crippen LogP contribution in [-0.4, -0.2) is 16.7 Å². The molecule has 1 aromatic heterocycles. The number of benzene rings is 1. The van der Waals surface area contributed by atoms with Gasteiger partial charge in [0.2, 0.25) is 0 Å². The van der Waals surface area contributed by atoms with E-state index in [1.165, 1.54) is 6.20 Å². The van der Waals surface area contributed by atoms with Gasteiger partial charge in [-0.25, -0.2) is 13.8 Å². The van der Waals surface area contributed by atoms with Gasteiger partial charge in [-0.05, 0) is 36.2 Å². The van der Waals surface area contributed by atoms with Crippen molar-refractivity contribution in [3.05, 3.63) is 53.2 Å². The normalized spacial score (nSPS) is 11.5. The van der Waals surface area contributed by atoms with Crippen molar-refractivity contribution < 1.29 is 31.8 Å². The van der Waals surface area contributed by atoms with Crippen LogP contribution in [0, 0.1) is 11.6 Å². The molecule has 118 valence electrons. The van der Waals surface area contributed by atoms with Crippen molar-refractivity contribution in [2.24, 2.45) is 0 Å². The van der Waals surface area contributed by atoms with Crippen molar-refractivity contribution in [3.8, 4) is 11.6 Å². The van der Waals surface area contributed by atoms with Crippen molar-refractivity contribution in [2.75, 3.05) is 6.61 Å². The average Bonchev–Trinajstić information content (AvgIpc) is 2.43. The summed E-state index contributed by atoms with van der Waals surface area (Å²) >= 11 is 0. The van der Waals surface area contributed by atoms with Crippen LogP contribution in [0.2, 0.25) is 0 Å². The highest BCUT2D eigenvalue weighted by molar-refractivity contribution is 5.34. The van der Waals surface area contributed by atoms with E-state index in [1.54, 1.807) is 0 Å². The van der Waals surface area contributed by atoms with E-state index < -0.39 is 35.0 Å². The molecule has 3 nitrogen and oxygen atoms in total. The molecule has 1 heterocycles. The molecule has 0 aliphatic carbocycles. The van der Waals surface area contributed by atoms with E-state index in [2.05, 4.69) is 4.98 Å². The Bertz CT molecular complexity index is 673. The van der Waals surface area contributed by atoms with Crippen LogP contribution in [-0.2, 0) is 12.6 Å². The molecule has 8 heteroatoms. The smallest absolute Gasteiger partial charge is 0.419 e. The average molecular weight is 319 g/mol. The van der Waals surface area contributed by atoms with Crippen molar-refractivity contribution in [1.82, 2.24) is 4.98 Å². The summed E-state index contributed by atoms with van der Waals surface area (Å²) in [6.07, 6.45) is -3.48. The summed E-state index contributed by atoms with van der Waals surface area (Å²) in [6, 6.07) is 2.99. The Labute approximate surface area is 122 Å². The molecule has 0 fully saturated rings. The van der Waals surface area contributed by atoms with Crippen molar-refractivity contribution in [3.63, 3.8) is 0 Å². The Morgan fingerprint density at radius 1 is 1.09 bits per heavy atom. The zero-order valence-electron chi connectivity index (χ0n) is 11.0. The van der Waals surface area contributed by atoms with Crippen LogP contribution in [0.3, 0.4) is 0 Å². The van der Waals surface area contributed by atoms with Gasteiger partial charge in [0, 0.05) is 12.8 Å². The standard InChI is InChI=1S/C14H10F5NO2/c15-11-2-1-9(6-10(11)14(17,18)19)22-13-12(16)5-8(3-4-21)7-20-13/h1-2,5-7,21H,3-4H2. The van der Waals surface area contributed by atoms with Crippen LogP contribution in [0.5, 0.6) is 11.6 Å². The van der Waals surface area contributed by atoms with Crippen LogP contribution in [0.1, 0.15) is 11.1 Å². The molecule has 0 radical (unpaired) electrons. The number of aliphatic hydroxyl groups is 1. The van der Waals surface area contributed by atoms with Gasteiger partial charge in [-0.1, -0.05) is 0 Å². The molecule has 2 aromatic rings. The summed E-state index contributed by atoms with van der Waals surface area (Å²) in [5, 5.41) is 8.72. The first-order chi connectivity index (χ1) is 10.3. The lowest BCUT2D eigenvalue weighted by Gasteiger charge is -2.11. The Kier molecular flexibility index (Phi) is 4.60. The molecule has 0 bridgehead atoms. The highest BCUT2D eigenvalue weighted by Gasteiger charge is 2.34. The third-order valence-corrected chi connectivity index (χ3v) is 2.72. The molecule has 0 aliphatic rings. The molecule has 2 rings (SSSR count).